The van der Waals surface area contributed by atoms with Gasteiger partial charge < -0.3 is 10.6 Å². The Morgan fingerprint density at radius 2 is 1.22 bits per heavy atom. The molecule has 0 saturated carbocycles. The molecule has 0 heterocycles. The second-order valence-electron chi connectivity index (χ2n) is 6.67. The van der Waals surface area contributed by atoms with Gasteiger partial charge in [0.25, 0.3) is 0 Å². The summed E-state index contributed by atoms with van der Waals surface area (Å²) in [5.41, 5.74) is 0. The van der Waals surface area contributed by atoms with Crippen molar-refractivity contribution in [1.82, 2.24) is 10.6 Å². The van der Waals surface area contributed by atoms with Crippen LogP contribution in [0.4, 0.5) is 0 Å². The summed E-state index contributed by atoms with van der Waals surface area (Å²) in [6, 6.07) is 0. The first-order valence-corrected chi connectivity index (χ1v) is 14.4. The molecule has 2 amide bonds. The van der Waals surface area contributed by atoms with Crippen LogP contribution >= 0.6 is 33.3 Å². The second-order valence-corrected chi connectivity index (χ2v) is 10.4. The topological polar surface area (TPSA) is 58.2 Å². The third-order valence-electron chi connectivity index (χ3n) is 4.03. The summed E-state index contributed by atoms with van der Waals surface area (Å²) in [5.74, 6) is 3.71. The zero-order chi connectivity index (χ0) is 20.0. The first-order valence-electron chi connectivity index (χ1n) is 10.5. The van der Waals surface area contributed by atoms with E-state index in [-0.39, 0.29) is 11.8 Å². The molecule has 0 saturated heterocycles. The van der Waals surface area contributed by atoms with Crippen molar-refractivity contribution in [3.8, 4) is 0 Å². The molecule has 4 nitrogen and oxygen atoms in total. The number of nitrogens with one attached hydrogen (secondary N) is 2. The fraction of sp³-hybridized carbons (Fsp3) is 0.900. The Labute approximate surface area is 179 Å². The maximum absolute atomic E-state index is 11.8. The van der Waals surface area contributed by atoms with E-state index in [1.54, 1.807) is 11.8 Å². The third kappa shape index (κ3) is 22.1. The molecule has 0 unspecified atom stereocenters. The smallest absolute Gasteiger partial charge is 0.220 e. The van der Waals surface area contributed by atoms with Crippen molar-refractivity contribution >= 4 is 45.2 Å². The van der Waals surface area contributed by atoms with Crippen molar-refractivity contribution < 1.29 is 9.59 Å². The Morgan fingerprint density at radius 1 is 0.667 bits per heavy atom. The maximum atomic E-state index is 11.8. The number of unbranched alkanes of at least 4 members (excludes halogenated alkanes) is 6. The standard InChI is InChI=1S/C20H40N2O2S3/c1-3-16-26-27-17-11-6-4-5-9-14-21-19(23)12-8-7-10-15-22-20(24)13-18-25-2/h3-18H2,1-2H3,(H,21,23)(H,22,24). The quantitative estimate of drug-likeness (QED) is 0.201. The Kier molecular flexibility index (Phi) is 22.3. The molecule has 0 aliphatic carbocycles. The highest BCUT2D eigenvalue weighted by molar-refractivity contribution is 8.76. The van der Waals surface area contributed by atoms with Gasteiger partial charge in [-0.1, -0.05) is 54.2 Å². The SMILES string of the molecule is CCCSSCCCCCCCNC(=O)CCCCCNC(=O)CCSC. The number of thioether (sulfide) groups is 1. The van der Waals surface area contributed by atoms with E-state index < -0.39 is 0 Å². The van der Waals surface area contributed by atoms with Crippen LogP contribution in [0, 0.1) is 0 Å². The molecule has 0 aromatic carbocycles. The summed E-state index contributed by atoms with van der Waals surface area (Å²) in [6.07, 6.45) is 13.5. The summed E-state index contributed by atoms with van der Waals surface area (Å²) in [6.45, 7) is 3.76. The van der Waals surface area contributed by atoms with Crippen LogP contribution in [0.25, 0.3) is 0 Å². The van der Waals surface area contributed by atoms with Crippen LogP contribution in [0.3, 0.4) is 0 Å². The monoisotopic (exact) mass is 436 g/mol. The largest absolute Gasteiger partial charge is 0.356 e. The van der Waals surface area contributed by atoms with Gasteiger partial charge in [-0.3, -0.25) is 9.59 Å². The fourth-order valence-electron chi connectivity index (χ4n) is 2.43. The highest BCUT2D eigenvalue weighted by Gasteiger charge is 2.02. The lowest BCUT2D eigenvalue weighted by Gasteiger charge is -2.06. The summed E-state index contributed by atoms with van der Waals surface area (Å²) in [7, 11) is 4.00. The van der Waals surface area contributed by atoms with Crippen LogP contribution in [-0.4, -0.2) is 48.4 Å². The van der Waals surface area contributed by atoms with Gasteiger partial charge in [0.1, 0.15) is 0 Å². The third-order valence-corrected chi connectivity index (χ3v) is 7.34. The molecule has 0 aliphatic rings. The van der Waals surface area contributed by atoms with Gasteiger partial charge in [-0.15, -0.1) is 0 Å². The van der Waals surface area contributed by atoms with Gasteiger partial charge in [0.05, 0.1) is 0 Å². The molecule has 0 aromatic rings. The van der Waals surface area contributed by atoms with E-state index in [2.05, 4.69) is 17.6 Å². The molecule has 7 heteroatoms. The van der Waals surface area contributed by atoms with Crippen LogP contribution in [0.2, 0.25) is 0 Å². The van der Waals surface area contributed by atoms with Gasteiger partial charge in [0, 0.05) is 43.2 Å². The molecule has 0 rings (SSSR count). The fourth-order valence-corrected chi connectivity index (χ4v) is 5.11. The van der Waals surface area contributed by atoms with Gasteiger partial charge in [-0.25, -0.2) is 0 Å². The number of carbonyl (C=O) groups is 2. The zero-order valence-electron chi connectivity index (χ0n) is 17.4. The summed E-state index contributed by atoms with van der Waals surface area (Å²) >= 11 is 1.69. The van der Waals surface area contributed by atoms with Crippen LogP contribution in [0.5, 0.6) is 0 Å². The highest BCUT2D eigenvalue weighted by Crippen LogP contribution is 2.23. The van der Waals surface area contributed by atoms with Crippen molar-refractivity contribution in [2.75, 3.05) is 36.6 Å². The summed E-state index contributed by atoms with van der Waals surface area (Å²) in [4.78, 5) is 23.2. The second kappa shape index (κ2) is 22.3. The number of rotatable bonds is 20. The van der Waals surface area contributed by atoms with Crippen molar-refractivity contribution in [3.05, 3.63) is 0 Å². The molecular formula is C20H40N2O2S3. The predicted octanol–water partition coefficient (Wildman–Crippen LogP) is 5.27. The van der Waals surface area contributed by atoms with E-state index in [9.17, 15) is 9.59 Å². The van der Waals surface area contributed by atoms with Crippen molar-refractivity contribution in [3.63, 3.8) is 0 Å². The molecule has 0 radical (unpaired) electrons. The number of hydrogen-bond donors (Lipinski definition) is 2. The lowest BCUT2D eigenvalue weighted by Crippen LogP contribution is -2.25. The van der Waals surface area contributed by atoms with Crippen molar-refractivity contribution in [1.29, 1.82) is 0 Å². The minimum absolute atomic E-state index is 0.135. The Hall–Kier alpha value is -0.0100. The van der Waals surface area contributed by atoms with Gasteiger partial charge in [-0.2, -0.15) is 11.8 Å². The van der Waals surface area contributed by atoms with Crippen LogP contribution < -0.4 is 10.6 Å². The molecule has 0 atom stereocenters. The zero-order valence-corrected chi connectivity index (χ0v) is 19.8. The molecule has 0 spiro atoms. The average molecular weight is 437 g/mol. The highest BCUT2D eigenvalue weighted by atomic mass is 33.1. The Morgan fingerprint density at radius 3 is 1.89 bits per heavy atom. The molecule has 0 aromatic heterocycles. The Balaban J connectivity index is 3.23. The first-order chi connectivity index (χ1) is 13.2. The van der Waals surface area contributed by atoms with Gasteiger partial charge in [0.2, 0.25) is 11.8 Å². The molecule has 0 bridgehead atoms. The Bertz CT molecular complexity index is 358. The maximum Gasteiger partial charge on any atom is 0.220 e. The van der Waals surface area contributed by atoms with E-state index in [0.717, 1.165) is 44.5 Å². The van der Waals surface area contributed by atoms with Crippen LogP contribution in [-0.2, 0) is 9.59 Å². The molecule has 0 aliphatic heterocycles. The van der Waals surface area contributed by atoms with Gasteiger partial charge in [0.15, 0.2) is 0 Å². The first kappa shape index (κ1) is 27.0. The molecule has 27 heavy (non-hydrogen) atoms. The predicted molar refractivity (Wildman–Crippen MR) is 126 cm³/mol. The van der Waals surface area contributed by atoms with Gasteiger partial charge in [-0.05, 0) is 38.4 Å². The lowest BCUT2D eigenvalue weighted by atomic mass is 10.1. The minimum Gasteiger partial charge on any atom is -0.356 e. The average Bonchev–Trinajstić information content (AvgIpc) is 2.67. The van der Waals surface area contributed by atoms with Crippen LogP contribution in [0.15, 0.2) is 0 Å². The van der Waals surface area contributed by atoms with Crippen molar-refractivity contribution in [2.24, 2.45) is 0 Å². The van der Waals surface area contributed by atoms with E-state index in [1.807, 2.05) is 27.8 Å². The minimum atomic E-state index is 0.135. The lowest BCUT2D eigenvalue weighted by molar-refractivity contribution is -0.122. The van der Waals surface area contributed by atoms with E-state index in [1.165, 1.54) is 43.6 Å². The number of carbonyl (C=O) groups excluding carboxylic acids is 2. The summed E-state index contributed by atoms with van der Waals surface area (Å²) < 4.78 is 0. The molecule has 160 valence electrons. The molecule has 0 fully saturated rings. The number of hydrogen-bond acceptors (Lipinski definition) is 5. The van der Waals surface area contributed by atoms with E-state index >= 15 is 0 Å². The van der Waals surface area contributed by atoms with E-state index in [0.29, 0.717) is 12.8 Å². The van der Waals surface area contributed by atoms with Gasteiger partial charge >= 0.3 is 0 Å². The normalized spacial score (nSPS) is 10.7. The van der Waals surface area contributed by atoms with E-state index in [4.69, 9.17) is 0 Å². The summed E-state index contributed by atoms with van der Waals surface area (Å²) in [5, 5.41) is 5.95. The molecule has 2 N–H and O–H groups in total. The molecular weight excluding hydrogens is 396 g/mol. The number of amides is 2. The van der Waals surface area contributed by atoms with Crippen molar-refractivity contribution in [2.45, 2.75) is 77.6 Å². The van der Waals surface area contributed by atoms with Crippen LogP contribution in [0.1, 0.15) is 77.6 Å².